The smallest absolute Gasteiger partial charge is 0.161 e. The second-order valence-corrected chi connectivity index (χ2v) is 7.01. The average molecular weight is 402 g/mol. The molecule has 0 amide bonds. The van der Waals surface area contributed by atoms with E-state index in [1.165, 1.54) is 16.7 Å². The summed E-state index contributed by atoms with van der Waals surface area (Å²) in [6, 6.07) is 10.2. The number of nitrogens with one attached hydrogen (secondary N) is 1. The first kappa shape index (κ1) is 21.3. The monoisotopic (exact) mass is 401 g/mol. The molecule has 1 aliphatic rings. The lowest BCUT2D eigenvalue weighted by Crippen LogP contribution is -2.25. The Morgan fingerprint density at radius 3 is 2.31 bits per heavy atom. The van der Waals surface area contributed by atoms with Crippen molar-refractivity contribution in [3.8, 4) is 23.0 Å². The number of benzene rings is 2. The quantitative estimate of drug-likeness (QED) is 0.649. The third kappa shape index (κ3) is 5.14. The fraction of sp³-hybridized carbons (Fsp3) is 0.478. The molecule has 6 nitrogen and oxygen atoms in total. The molecule has 0 aliphatic carbocycles. The molecule has 0 saturated carbocycles. The van der Waals surface area contributed by atoms with Gasteiger partial charge in [0.2, 0.25) is 0 Å². The normalized spacial score (nSPS) is 15.9. The van der Waals surface area contributed by atoms with E-state index in [0.717, 1.165) is 62.0 Å². The second-order valence-electron chi connectivity index (χ2n) is 7.01. The molecule has 0 fully saturated rings. The summed E-state index contributed by atoms with van der Waals surface area (Å²) in [5.74, 6) is 3.02. The molecule has 2 aromatic carbocycles. The maximum atomic E-state index is 6.13. The molecular formula is C23H31NO5. The summed E-state index contributed by atoms with van der Waals surface area (Å²) in [5.41, 5.74) is 3.65. The molecule has 29 heavy (non-hydrogen) atoms. The zero-order valence-corrected chi connectivity index (χ0v) is 17.7. The highest BCUT2D eigenvalue weighted by molar-refractivity contribution is 5.48. The van der Waals surface area contributed by atoms with Gasteiger partial charge in [0.1, 0.15) is 0 Å². The predicted molar refractivity (Wildman–Crippen MR) is 113 cm³/mol. The van der Waals surface area contributed by atoms with Gasteiger partial charge in [0.05, 0.1) is 34.5 Å². The lowest BCUT2D eigenvalue weighted by molar-refractivity contribution is 0.0565. The third-order valence-corrected chi connectivity index (χ3v) is 5.27. The van der Waals surface area contributed by atoms with Crippen LogP contribution in [0.1, 0.15) is 29.2 Å². The van der Waals surface area contributed by atoms with Crippen LogP contribution in [-0.2, 0) is 17.6 Å². The number of methoxy groups -OCH3 is 4. The van der Waals surface area contributed by atoms with Gasteiger partial charge in [-0.3, -0.25) is 0 Å². The largest absolute Gasteiger partial charge is 0.493 e. The van der Waals surface area contributed by atoms with Crippen molar-refractivity contribution in [3.05, 3.63) is 47.0 Å². The van der Waals surface area contributed by atoms with E-state index in [2.05, 4.69) is 23.5 Å². The van der Waals surface area contributed by atoms with Crippen molar-refractivity contribution in [3.63, 3.8) is 0 Å². The highest BCUT2D eigenvalue weighted by Crippen LogP contribution is 2.36. The molecule has 1 atom stereocenters. The van der Waals surface area contributed by atoms with Gasteiger partial charge >= 0.3 is 0 Å². The molecule has 6 heteroatoms. The number of hydrogen-bond donors (Lipinski definition) is 1. The van der Waals surface area contributed by atoms with Gasteiger partial charge in [0.25, 0.3) is 0 Å². The van der Waals surface area contributed by atoms with Crippen molar-refractivity contribution < 1.29 is 23.7 Å². The Labute approximate surface area is 173 Å². The van der Waals surface area contributed by atoms with Crippen molar-refractivity contribution in [2.24, 2.45) is 0 Å². The zero-order chi connectivity index (χ0) is 20.6. The van der Waals surface area contributed by atoms with E-state index < -0.39 is 0 Å². The number of hydrogen-bond acceptors (Lipinski definition) is 6. The molecule has 1 heterocycles. The summed E-state index contributed by atoms with van der Waals surface area (Å²) in [6.07, 6.45) is 2.88. The Balaban J connectivity index is 1.63. The SMILES string of the molecule is COc1ccc(CCNCC2OCCCc3cc(OC)c(OC)cc32)cc1OC. The van der Waals surface area contributed by atoms with Crippen LogP contribution in [-0.4, -0.2) is 48.1 Å². The van der Waals surface area contributed by atoms with Gasteiger partial charge in [-0.1, -0.05) is 6.07 Å². The van der Waals surface area contributed by atoms with E-state index in [-0.39, 0.29) is 6.10 Å². The molecule has 3 rings (SSSR count). The molecule has 158 valence electrons. The van der Waals surface area contributed by atoms with Crippen LogP contribution in [0.4, 0.5) is 0 Å². The molecule has 2 aromatic rings. The first-order valence-electron chi connectivity index (χ1n) is 9.98. The maximum Gasteiger partial charge on any atom is 0.161 e. The minimum absolute atomic E-state index is 0.00212. The van der Waals surface area contributed by atoms with E-state index in [0.29, 0.717) is 0 Å². The van der Waals surface area contributed by atoms with Crippen LogP contribution in [0.5, 0.6) is 23.0 Å². The molecule has 0 bridgehead atoms. The summed E-state index contributed by atoms with van der Waals surface area (Å²) >= 11 is 0. The molecule has 0 radical (unpaired) electrons. The van der Waals surface area contributed by atoms with E-state index in [1.807, 2.05) is 12.1 Å². The van der Waals surface area contributed by atoms with Crippen molar-refractivity contribution in [1.29, 1.82) is 0 Å². The summed E-state index contributed by atoms with van der Waals surface area (Å²) in [5, 5.41) is 3.54. The van der Waals surface area contributed by atoms with Gasteiger partial charge in [-0.15, -0.1) is 0 Å². The summed E-state index contributed by atoms with van der Waals surface area (Å²) in [7, 11) is 6.64. The first-order chi connectivity index (χ1) is 14.2. The van der Waals surface area contributed by atoms with Crippen LogP contribution in [0.2, 0.25) is 0 Å². The van der Waals surface area contributed by atoms with Gasteiger partial charge in [-0.05, 0) is 66.8 Å². The fourth-order valence-corrected chi connectivity index (χ4v) is 3.70. The van der Waals surface area contributed by atoms with Crippen LogP contribution in [0.15, 0.2) is 30.3 Å². The predicted octanol–water partition coefficient (Wildman–Crippen LogP) is 3.56. The number of fused-ring (bicyclic) bond motifs is 1. The molecule has 0 aromatic heterocycles. The second kappa shape index (κ2) is 10.4. The van der Waals surface area contributed by atoms with Crippen LogP contribution < -0.4 is 24.3 Å². The number of aryl methyl sites for hydroxylation is 1. The maximum absolute atomic E-state index is 6.13. The van der Waals surface area contributed by atoms with E-state index in [4.69, 9.17) is 23.7 Å². The number of ether oxygens (including phenoxy) is 5. The summed E-state index contributed by atoms with van der Waals surface area (Å²) in [6.45, 7) is 2.34. The molecular weight excluding hydrogens is 370 g/mol. The van der Waals surface area contributed by atoms with Crippen molar-refractivity contribution in [2.45, 2.75) is 25.4 Å². The van der Waals surface area contributed by atoms with Crippen molar-refractivity contribution in [1.82, 2.24) is 5.32 Å². The van der Waals surface area contributed by atoms with E-state index in [1.54, 1.807) is 28.4 Å². The summed E-state index contributed by atoms with van der Waals surface area (Å²) < 4.78 is 27.8. The van der Waals surface area contributed by atoms with Gasteiger partial charge < -0.3 is 29.0 Å². The Bertz CT molecular complexity index is 808. The van der Waals surface area contributed by atoms with E-state index >= 15 is 0 Å². The third-order valence-electron chi connectivity index (χ3n) is 5.27. The Kier molecular flexibility index (Phi) is 7.61. The highest BCUT2D eigenvalue weighted by Gasteiger charge is 2.22. The fourth-order valence-electron chi connectivity index (χ4n) is 3.70. The first-order valence-corrected chi connectivity index (χ1v) is 9.98. The van der Waals surface area contributed by atoms with Crippen molar-refractivity contribution >= 4 is 0 Å². The van der Waals surface area contributed by atoms with Gasteiger partial charge in [0, 0.05) is 13.2 Å². The Morgan fingerprint density at radius 1 is 0.897 bits per heavy atom. The molecule has 0 saturated heterocycles. The van der Waals surface area contributed by atoms with Crippen LogP contribution in [0.3, 0.4) is 0 Å². The van der Waals surface area contributed by atoms with Crippen molar-refractivity contribution in [2.75, 3.05) is 48.1 Å². The van der Waals surface area contributed by atoms with Crippen LogP contribution in [0.25, 0.3) is 0 Å². The lowest BCUT2D eigenvalue weighted by Gasteiger charge is -2.20. The number of rotatable bonds is 9. The molecule has 1 aliphatic heterocycles. The Hall–Kier alpha value is -2.44. The molecule has 1 N–H and O–H groups in total. The molecule has 1 unspecified atom stereocenters. The van der Waals surface area contributed by atoms with Gasteiger partial charge in [-0.2, -0.15) is 0 Å². The van der Waals surface area contributed by atoms with Crippen LogP contribution >= 0.6 is 0 Å². The lowest BCUT2D eigenvalue weighted by atomic mass is 9.98. The van der Waals surface area contributed by atoms with Crippen LogP contribution in [0, 0.1) is 0 Å². The summed E-state index contributed by atoms with van der Waals surface area (Å²) in [4.78, 5) is 0. The van der Waals surface area contributed by atoms with Gasteiger partial charge in [0.15, 0.2) is 23.0 Å². The molecule has 0 spiro atoms. The Morgan fingerprint density at radius 2 is 1.59 bits per heavy atom. The standard InChI is InChI=1S/C23H31NO5/c1-25-19-8-7-16(12-20(19)26-2)9-10-24-15-23-18-14-22(28-4)21(27-3)13-17(18)6-5-11-29-23/h7-8,12-14,23-24H,5-6,9-11,15H2,1-4H3. The topological polar surface area (TPSA) is 58.2 Å². The average Bonchev–Trinajstić information content (AvgIpc) is 2.96. The minimum Gasteiger partial charge on any atom is -0.493 e. The van der Waals surface area contributed by atoms with E-state index in [9.17, 15) is 0 Å². The minimum atomic E-state index is -0.00212. The highest BCUT2D eigenvalue weighted by atomic mass is 16.5. The zero-order valence-electron chi connectivity index (χ0n) is 17.7. The van der Waals surface area contributed by atoms with Gasteiger partial charge in [-0.25, -0.2) is 0 Å².